The zero-order valence-electron chi connectivity index (χ0n) is 16.7. The van der Waals surface area contributed by atoms with Crippen molar-refractivity contribution in [2.75, 3.05) is 31.6 Å². The molecule has 2 aromatic rings. The monoisotopic (exact) mass is 398 g/mol. The molecule has 5 nitrogen and oxygen atoms in total. The summed E-state index contributed by atoms with van der Waals surface area (Å²) < 4.78 is 18.4. The van der Waals surface area contributed by atoms with Crippen LogP contribution in [0.4, 0.5) is 10.1 Å². The molecule has 6 heteroatoms. The molecule has 0 spiro atoms. The van der Waals surface area contributed by atoms with Gasteiger partial charge in [-0.1, -0.05) is 30.3 Å². The summed E-state index contributed by atoms with van der Waals surface area (Å²) >= 11 is 0. The fourth-order valence-electron chi connectivity index (χ4n) is 3.81. The van der Waals surface area contributed by atoms with Crippen molar-refractivity contribution in [1.29, 1.82) is 0 Å². The molecule has 1 aliphatic rings. The molecule has 1 amide bonds. The van der Waals surface area contributed by atoms with Gasteiger partial charge in [-0.2, -0.15) is 0 Å². The van der Waals surface area contributed by atoms with Crippen LogP contribution in [0.1, 0.15) is 31.7 Å². The van der Waals surface area contributed by atoms with Gasteiger partial charge in [-0.15, -0.1) is 0 Å². The van der Waals surface area contributed by atoms with Crippen molar-refractivity contribution in [3.63, 3.8) is 0 Å². The number of ether oxygens (including phenoxy) is 1. The molecule has 3 rings (SSSR count). The highest BCUT2D eigenvalue weighted by molar-refractivity contribution is 5.90. The van der Waals surface area contributed by atoms with Crippen LogP contribution in [0.15, 0.2) is 54.6 Å². The summed E-state index contributed by atoms with van der Waals surface area (Å²) in [4.78, 5) is 27.2. The topological polar surface area (TPSA) is 58.6 Å². The Labute approximate surface area is 170 Å². The van der Waals surface area contributed by atoms with Crippen LogP contribution in [-0.4, -0.2) is 43.0 Å². The van der Waals surface area contributed by atoms with Crippen LogP contribution in [0, 0.1) is 5.82 Å². The summed E-state index contributed by atoms with van der Waals surface area (Å²) in [5, 5.41) is 2.78. The van der Waals surface area contributed by atoms with E-state index in [4.69, 9.17) is 4.74 Å². The highest BCUT2D eigenvalue weighted by Crippen LogP contribution is 2.37. The SMILES string of the molecule is CCOC(=O)C1(c2ccccc2)CCN(CCC(=O)Nc2ccc(F)cc2)CC1. The van der Waals surface area contributed by atoms with E-state index in [-0.39, 0.29) is 17.7 Å². The second kappa shape index (κ2) is 9.65. The highest BCUT2D eigenvalue weighted by Gasteiger charge is 2.44. The standard InChI is InChI=1S/C23H27FN2O3/c1-2-29-22(28)23(18-6-4-3-5-7-18)13-16-26(17-14-23)15-12-21(27)25-20-10-8-19(24)9-11-20/h3-11H,2,12-17H2,1H3,(H,25,27). The quantitative estimate of drug-likeness (QED) is 0.722. The van der Waals surface area contributed by atoms with Crippen molar-refractivity contribution in [2.24, 2.45) is 0 Å². The predicted octanol–water partition coefficient (Wildman–Crippen LogP) is 3.75. The molecule has 0 aromatic heterocycles. The molecule has 0 radical (unpaired) electrons. The zero-order chi connectivity index (χ0) is 20.7. The lowest BCUT2D eigenvalue weighted by Gasteiger charge is -2.40. The van der Waals surface area contributed by atoms with E-state index < -0.39 is 5.41 Å². The molecule has 2 aromatic carbocycles. The number of nitrogens with zero attached hydrogens (tertiary/aromatic N) is 1. The maximum Gasteiger partial charge on any atom is 0.316 e. The lowest BCUT2D eigenvalue weighted by Crippen LogP contribution is -2.48. The molecule has 1 N–H and O–H groups in total. The van der Waals surface area contributed by atoms with Gasteiger partial charge in [0.15, 0.2) is 0 Å². The van der Waals surface area contributed by atoms with Crippen LogP contribution in [0.25, 0.3) is 0 Å². The number of rotatable bonds is 7. The minimum Gasteiger partial charge on any atom is -0.465 e. The number of hydrogen-bond donors (Lipinski definition) is 1. The molecule has 1 heterocycles. The number of carbonyl (C=O) groups is 2. The molecule has 154 valence electrons. The van der Waals surface area contributed by atoms with Crippen molar-refractivity contribution in [1.82, 2.24) is 4.90 Å². The number of halogens is 1. The molecule has 0 saturated carbocycles. The number of amides is 1. The third-order valence-corrected chi connectivity index (χ3v) is 5.49. The maximum atomic E-state index is 13.0. The molecule has 1 saturated heterocycles. The van der Waals surface area contributed by atoms with Crippen LogP contribution in [-0.2, 0) is 19.7 Å². The molecule has 0 aliphatic carbocycles. The van der Waals surface area contributed by atoms with E-state index in [1.807, 2.05) is 37.3 Å². The first-order valence-electron chi connectivity index (χ1n) is 10.0. The molecule has 0 atom stereocenters. The second-order valence-electron chi connectivity index (χ2n) is 7.32. The van der Waals surface area contributed by atoms with Crippen LogP contribution in [0.2, 0.25) is 0 Å². The molecule has 1 fully saturated rings. The number of esters is 1. The minimum absolute atomic E-state index is 0.109. The van der Waals surface area contributed by atoms with Crippen molar-refractivity contribution >= 4 is 17.6 Å². The molecule has 29 heavy (non-hydrogen) atoms. The predicted molar refractivity (Wildman–Crippen MR) is 110 cm³/mol. The Hall–Kier alpha value is -2.73. The van der Waals surface area contributed by atoms with Gasteiger partial charge in [0.05, 0.1) is 12.0 Å². The number of carbonyl (C=O) groups excluding carboxylic acids is 2. The van der Waals surface area contributed by atoms with Gasteiger partial charge in [0.1, 0.15) is 5.82 Å². The van der Waals surface area contributed by atoms with Gasteiger partial charge in [0, 0.05) is 18.7 Å². The van der Waals surface area contributed by atoms with Gasteiger partial charge in [-0.25, -0.2) is 4.39 Å². The van der Waals surface area contributed by atoms with Crippen LogP contribution < -0.4 is 5.32 Å². The summed E-state index contributed by atoms with van der Waals surface area (Å²) in [7, 11) is 0. The summed E-state index contributed by atoms with van der Waals surface area (Å²) in [5.41, 5.74) is 0.956. The van der Waals surface area contributed by atoms with Crippen LogP contribution >= 0.6 is 0 Å². The van der Waals surface area contributed by atoms with Gasteiger partial charge in [0.2, 0.25) is 5.91 Å². The number of likely N-dealkylation sites (tertiary alicyclic amines) is 1. The van der Waals surface area contributed by atoms with Crippen molar-refractivity contribution in [2.45, 2.75) is 31.6 Å². The van der Waals surface area contributed by atoms with Crippen molar-refractivity contribution in [3.8, 4) is 0 Å². The van der Waals surface area contributed by atoms with Crippen LogP contribution in [0.5, 0.6) is 0 Å². The summed E-state index contributed by atoms with van der Waals surface area (Å²) in [6.45, 7) is 4.24. The Morgan fingerprint density at radius 2 is 1.72 bits per heavy atom. The highest BCUT2D eigenvalue weighted by atomic mass is 19.1. The Balaban J connectivity index is 1.55. The summed E-state index contributed by atoms with van der Waals surface area (Å²) in [6.07, 6.45) is 1.67. The number of nitrogens with one attached hydrogen (secondary N) is 1. The van der Waals surface area contributed by atoms with Gasteiger partial charge < -0.3 is 15.0 Å². The Kier molecular flexibility index (Phi) is 6.99. The Bertz CT molecular complexity index is 816. The van der Waals surface area contributed by atoms with E-state index in [9.17, 15) is 14.0 Å². The molecule has 0 unspecified atom stereocenters. The normalized spacial score (nSPS) is 16.2. The van der Waals surface area contributed by atoms with Crippen molar-refractivity contribution in [3.05, 3.63) is 66.0 Å². The first kappa shape index (κ1) is 21.0. The number of benzene rings is 2. The zero-order valence-corrected chi connectivity index (χ0v) is 16.7. The molecular formula is C23H27FN2O3. The van der Waals surface area contributed by atoms with Gasteiger partial charge in [0.25, 0.3) is 0 Å². The fraction of sp³-hybridized carbons (Fsp3) is 0.391. The van der Waals surface area contributed by atoms with Gasteiger partial charge in [-0.3, -0.25) is 9.59 Å². The first-order valence-corrected chi connectivity index (χ1v) is 10.0. The van der Waals surface area contributed by atoms with Gasteiger partial charge in [-0.05, 0) is 62.7 Å². The van der Waals surface area contributed by atoms with Crippen molar-refractivity contribution < 1.29 is 18.7 Å². The van der Waals surface area contributed by atoms with E-state index in [0.29, 0.717) is 38.1 Å². The third-order valence-electron chi connectivity index (χ3n) is 5.49. The van der Waals surface area contributed by atoms with E-state index >= 15 is 0 Å². The van der Waals surface area contributed by atoms with E-state index in [0.717, 1.165) is 18.7 Å². The first-order chi connectivity index (χ1) is 14.0. The summed E-state index contributed by atoms with van der Waals surface area (Å²) in [5.74, 6) is -0.610. The lowest BCUT2D eigenvalue weighted by molar-refractivity contribution is -0.152. The lowest BCUT2D eigenvalue weighted by atomic mass is 9.72. The largest absolute Gasteiger partial charge is 0.465 e. The van der Waals surface area contributed by atoms with Gasteiger partial charge >= 0.3 is 5.97 Å². The molecule has 1 aliphatic heterocycles. The number of piperidine rings is 1. The smallest absolute Gasteiger partial charge is 0.316 e. The Morgan fingerprint density at radius 3 is 2.34 bits per heavy atom. The average molecular weight is 398 g/mol. The number of hydrogen-bond acceptors (Lipinski definition) is 4. The van der Waals surface area contributed by atoms with E-state index in [1.165, 1.54) is 12.1 Å². The molecule has 0 bridgehead atoms. The van der Waals surface area contributed by atoms with E-state index in [1.54, 1.807) is 12.1 Å². The molecular weight excluding hydrogens is 371 g/mol. The average Bonchev–Trinajstić information content (AvgIpc) is 2.75. The fourth-order valence-corrected chi connectivity index (χ4v) is 3.81. The van der Waals surface area contributed by atoms with Crippen LogP contribution in [0.3, 0.4) is 0 Å². The minimum atomic E-state index is -0.621. The maximum absolute atomic E-state index is 13.0. The van der Waals surface area contributed by atoms with E-state index in [2.05, 4.69) is 10.2 Å². The Morgan fingerprint density at radius 1 is 1.07 bits per heavy atom. The number of anilines is 1. The third kappa shape index (κ3) is 5.21. The second-order valence-corrected chi connectivity index (χ2v) is 7.32. The summed E-state index contributed by atoms with van der Waals surface area (Å²) in [6, 6.07) is 15.5.